The molecule has 0 saturated heterocycles. The third-order valence-corrected chi connectivity index (χ3v) is 5.17. The first-order valence-corrected chi connectivity index (χ1v) is 8.77. The lowest BCUT2D eigenvalue weighted by Gasteiger charge is -2.08. The summed E-state index contributed by atoms with van der Waals surface area (Å²) in [7, 11) is 0. The molecule has 0 radical (unpaired) electrons. The van der Waals surface area contributed by atoms with Crippen molar-refractivity contribution < 1.29 is 19.4 Å². The monoisotopic (exact) mass is 345 g/mol. The third kappa shape index (κ3) is 4.14. The number of amides is 1. The Morgan fingerprint density at radius 2 is 2.04 bits per heavy atom. The van der Waals surface area contributed by atoms with Gasteiger partial charge in [0.25, 0.3) is 5.91 Å². The quantitative estimate of drug-likeness (QED) is 0.844. The van der Waals surface area contributed by atoms with Crippen LogP contribution in [0, 0.1) is 0 Å². The van der Waals surface area contributed by atoms with E-state index in [1.54, 1.807) is 29.5 Å². The Labute approximate surface area is 144 Å². The fourth-order valence-electron chi connectivity index (χ4n) is 2.76. The molecule has 0 spiro atoms. The molecular weight excluding hydrogens is 326 g/mol. The molecule has 1 aromatic carbocycles. The number of thiophene rings is 1. The van der Waals surface area contributed by atoms with Crippen LogP contribution in [0.1, 0.15) is 38.5 Å². The topological polar surface area (TPSA) is 75.6 Å². The van der Waals surface area contributed by atoms with E-state index in [1.807, 2.05) is 12.1 Å². The predicted octanol–water partition coefficient (Wildman–Crippen LogP) is 3.02. The second-order valence-electron chi connectivity index (χ2n) is 5.78. The normalized spacial score (nSPS) is 13.2. The Bertz CT molecular complexity index is 730. The molecule has 5 nitrogen and oxygen atoms in total. The highest BCUT2D eigenvalue weighted by atomic mass is 32.1. The number of hydrogen-bond donors (Lipinski definition) is 2. The second kappa shape index (κ2) is 7.49. The first kappa shape index (κ1) is 16.5. The molecule has 1 aliphatic rings. The van der Waals surface area contributed by atoms with Crippen LogP contribution in [0.4, 0.5) is 0 Å². The molecule has 0 aliphatic heterocycles. The Hall–Kier alpha value is -2.34. The van der Waals surface area contributed by atoms with E-state index in [-0.39, 0.29) is 12.5 Å². The third-order valence-electron chi connectivity index (χ3n) is 3.93. The lowest BCUT2D eigenvalue weighted by atomic mass is 9.99. The van der Waals surface area contributed by atoms with E-state index >= 15 is 0 Å². The summed E-state index contributed by atoms with van der Waals surface area (Å²) in [5, 5.41) is 11.6. The smallest absolute Gasteiger partial charge is 0.341 e. The van der Waals surface area contributed by atoms with Crippen molar-refractivity contribution in [3.05, 3.63) is 51.2 Å². The van der Waals surface area contributed by atoms with E-state index in [0.29, 0.717) is 12.3 Å². The average Bonchev–Trinajstić information content (AvgIpc) is 3.02. The van der Waals surface area contributed by atoms with Crippen LogP contribution in [0.2, 0.25) is 0 Å². The maximum atomic E-state index is 12.3. The van der Waals surface area contributed by atoms with Gasteiger partial charge in [0.05, 0.1) is 4.88 Å². The van der Waals surface area contributed by atoms with Gasteiger partial charge in [-0.3, -0.25) is 4.79 Å². The summed E-state index contributed by atoms with van der Waals surface area (Å²) < 4.78 is 5.14. The number of aliphatic carboxylic acids is 1. The number of aryl methyl sites for hydroxylation is 2. The largest absolute Gasteiger partial charge is 0.482 e. The molecular formula is C18H19NO4S. The molecule has 2 N–H and O–H groups in total. The number of benzene rings is 1. The highest BCUT2D eigenvalue weighted by Crippen LogP contribution is 2.29. The van der Waals surface area contributed by atoms with Crippen molar-refractivity contribution in [2.75, 3.05) is 6.61 Å². The van der Waals surface area contributed by atoms with Crippen LogP contribution in [0.15, 0.2) is 30.3 Å². The number of fused-ring (bicyclic) bond motifs is 1. The number of rotatable bonds is 6. The lowest BCUT2D eigenvalue weighted by Crippen LogP contribution is -2.21. The molecule has 0 fully saturated rings. The standard InChI is InChI=1S/C18H19NO4S/c20-17(21)11-23-14-6-3-4-12(8-14)10-19-18(22)16-9-13-5-1-2-7-15(13)24-16/h3-4,6,8-9H,1-2,5,7,10-11H2,(H,19,22)(H,20,21). The summed E-state index contributed by atoms with van der Waals surface area (Å²) in [4.78, 5) is 25.0. The highest BCUT2D eigenvalue weighted by molar-refractivity contribution is 7.14. The van der Waals surface area contributed by atoms with Gasteiger partial charge < -0.3 is 15.2 Å². The maximum Gasteiger partial charge on any atom is 0.341 e. The van der Waals surface area contributed by atoms with Crippen molar-refractivity contribution in [1.82, 2.24) is 5.32 Å². The molecule has 126 valence electrons. The van der Waals surface area contributed by atoms with Crippen LogP contribution < -0.4 is 10.1 Å². The highest BCUT2D eigenvalue weighted by Gasteiger charge is 2.17. The Morgan fingerprint density at radius 3 is 2.83 bits per heavy atom. The van der Waals surface area contributed by atoms with Gasteiger partial charge in [0.1, 0.15) is 5.75 Å². The van der Waals surface area contributed by atoms with E-state index in [9.17, 15) is 9.59 Å². The summed E-state index contributed by atoms with van der Waals surface area (Å²) in [6.07, 6.45) is 4.56. The van der Waals surface area contributed by atoms with Gasteiger partial charge in [0.15, 0.2) is 6.61 Å². The number of carbonyl (C=O) groups is 2. The number of carboxylic acid groups (broad SMARTS) is 1. The molecule has 1 aliphatic carbocycles. The van der Waals surface area contributed by atoms with Gasteiger partial charge in [-0.15, -0.1) is 11.3 Å². The summed E-state index contributed by atoms with van der Waals surface area (Å²) in [5.74, 6) is -0.600. The summed E-state index contributed by atoms with van der Waals surface area (Å²) >= 11 is 1.59. The SMILES string of the molecule is O=C(O)COc1cccc(CNC(=O)c2cc3c(s2)CCCC3)c1. The van der Waals surface area contributed by atoms with Crippen molar-refractivity contribution in [3.63, 3.8) is 0 Å². The van der Waals surface area contributed by atoms with Gasteiger partial charge in [-0.1, -0.05) is 12.1 Å². The maximum absolute atomic E-state index is 12.3. The number of nitrogens with one attached hydrogen (secondary N) is 1. The van der Waals surface area contributed by atoms with Crippen molar-refractivity contribution >= 4 is 23.2 Å². The van der Waals surface area contributed by atoms with Gasteiger partial charge >= 0.3 is 5.97 Å². The number of carbonyl (C=O) groups excluding carboxylic acids is 1. The minimum Gasteiger partial charge on any atom is -0.482 e. The first-order chi connectivity index (χ1) is 11.6. The minimum absolute atomic E-state index is 0.0637. The predicted molar refractivity (Wildman–Crippen MR) is 91.7 cm³/mol. The van der Waals surface area contributed by atoms with Crippen LogP contribution in [-0.4, -0.2) is 23.6 Å². The van der Waals surface area contributed by atoms with Gasteiger partial charge in [-0.05, 0) is 55.0 Å². The summed E-state index contributed by atoms with van der Waals surface area (Å²) in [5.41, 5.74) is 2.19. The van der Waals surface area contributed by atoms with Crippen molar-refractivity contribution in [1.29, 1.82) is 0 Å². The fraction of sp³-hybridized carbons (Fsp3) is 0.333. The molecule has 0 saturated carbocycles. The van der Waals surface area contributed by atoms with E-state index < -0.39 is 5.97 Å². The van der Waals surface area contributed by atoms with Gasteiger partial charge in [0, 0.05) is 11.4 Å². The first-order valence-electron chi connectivity index (χ1n) is 7.95. The van der Waals surface area contributed by atoms with Crippen molar-refractivity contribution in [3.8, 4) is 5.75 Å². The minimum atomic E-state index is -1.02. The van der Waals surface area contributed by atoms with Crippen molar-refractivity contribution in [2.24, 2.45) is 0 Å². The average molecular weight is 345 g/mol. The summed E-state index contributed by atoms with van der Waals surface area (Å²) in [6, 6.07) is 9.10. The molecule has 0 bridgehead atoms. The fourth-order valence-corrected chi connectivity index (χ4v) is 3.93. The molecule has 3 rings (SSSR count). The van der Waals surface area contributed by atoms with Gasteiger partial charge in [0.2, 0.25) is 0 Å². The Balaban J connectivity index is 1.59. The van der Waals surface area contributed by atoms with Crippen LogP contribution in [-0.2, 0) is 24.2 Å². The number of hydrogen-bond acceptors (Lipinski definition) is 4. The van der Waals surface area contributed by atoms with E-state index in [1.165, 1.54) is 23.3 Å². The molecule has 24 heavy (non-hydrogen) atoms. The van der Waals surface area contributed by atoms with E-state index in [0.717, 1.165) is 23.3 Å². The zero-order chi connectivity index (χ0) is 16.9. The molecule has 1 amide bonds. The molecule has 1 aromatic heterocycles. The van der Waals surface area contributed by atoms with E-state index in [4.69, 9.17) is 9.84 Å². The van der Waals surface area contributed by atoms with Gasteiger partial charge in [-0.2, -0.15) is 0 Å². The lowest BCUT2D eigenvalue weighted by molar-refractivity contribution is -0.139. The zero-order valence-electron chi connectivity index (χ0n) is 13.2. The molecule has 0 unspecified atom stereocenters. The molecule has 6 heteroatoms. The Morgan fingerprint density at radius 1 is 1.21 bits per heavy atom. The zero-order valence-corrected chi connectivity index (χ0v) is 14.0. The van der Waals surface area contributed by atoms with Crippen LogP contribution in [0.3, 0.4) is 0 Å². The molecule has 2 aromatic rings. The van der Waals surface area contributed by atoms with Crippen LogP contribution in [0.5, 0.6) is 5.75 Å². The number of carboxylic acids is 1. The number of ether oxygens (including phenoxy) is 1. The Kier molecular flexibility index (Phi) is 5.15. The van der Waals surface area contributed by atoms with Crippen molar-refractivity contribution in [2.45, 2.75) is 32.2 Å². The van der Waals surface area contributed by atoms with Crippen LogP contribution >= 0.6 is 11.3 Å². The molecule has 1 heterocycles. The summed E-state index contributed by atoms with van der Waals surface area (Å²) in [6.45, 7) is 0.00222. The van der Waals surface area contributed by atoms with E-state index in [2.05, 4.69) is 5.32 Å². The van der Waals surface area contributed by atoms with Gasteiger partial charge in [-0.25, -0.2) is 4.79 Å². The van der Waals surface area contributed by atoms with Crippen LogP contribution in [0.25, 0.3) is 0 Å². The second-order valence-corrected chi connectivity index (χ2v) is 6.92. The molecule has 0 atom stereocenters.